The summed E-state index contributed by atoms with van der Waals surface area (Å²) in [6.07, 6.45) is 30.4. The van der Waals surface area contributed by atoms with Crippen LogP contribution in [0.2, 0.25) is 0 Å². The number of benzene rings is 8. The molecule has 4 aliphatic heterocycles. The van der Waals surface area contributed by atoms with Crippen LogP contribution in [-0.2, 0) is 13.1 Å². The van der Waals surface area contributed by atoms with Gasteiger partial charge in [-0.15, -0.1) is 0 Å². The van der Waals surface area contributed by atoms with E-state index in [-0.39, 0.29) is 34.0 Å². The van der Waals surface area contributed by atoms with Gasteiger partial charge in [0.15, 0.2) is 37.9 Å². The molecule has 8 aromatic heterocycles. The second kappa shape index (κ2) is 32.8. The second-order valence-electron chi connectivity index (χ2n) is 31.5. The van der Waals surface area contributed by atoms with Gasteiger partial charge in [-0.05, 0) is 194 Å². The molecule has 0 saturated carbocycles. The van der Waals surface area contributed by atoms with Crippen LogP contribution in [0.4, 0.5) is 0 Å². The molecule has 0 saturated heterocycles. The zero-order valence-electron chi connectivity index (χ0n) is 67.3. The maximum atomic E-state index is 5.59. The predicted octanol–water partition coefficient (Wildman–Crippen LogP) is 19.7. The van der Waals surface area contributed by atoms with E-state index in [9.17, 15) is 0 Å². The zero-order valence-corrected chi connectivity index (χ0v) is 70.5. The first-order chi connectivity index (χ1) is 57.8. The first-order valence-electron chi connectivity index (χ1n) is 40.4. The number of nitrogens with zero attached hydrogens (tertiary/aromatic N) is 6. The Morgan fingerprint density at radius 3 is 0.533 bits per heavy atom. The van der Waals surface area contributed by atoms with Gasteiger partial charge in [0, 0.05) is 124 Å². The Morgan fingerprint density at radius 2 is 0.367 bits per heavy atom. The third kappa shape index (κ3) is 15.5. The highest BCUT2D eigenvalue weighted by Gasteiger charge is 2.24. The fraction of sp³-hybridized carbons (Fsp3) is 0.0741. The van der Waals surface area contributed by atoms with Crippen LogP contribution in [0.15, 0.2) is 292 Å². The topological polar surface area (TPSA) is 122 Å². The zero-order chi connectivity index (χ0) is 79.5. The van der Waals surface area contributed by atoms with E-state index in [4.69, 9.17) is 19.9 Å². The lowest BCUT2D eigenvalue weighted by molar-refractivity contribution is -0.688. The van der Waals surface area contributed by atoms with Crippen LogP contribution in [0.5, 0.6) is 0 Å². The minimum absolute atomic E-state index is 0. The van der Waals surface area contributed by atoms with Gasteiger partial charge >= 0.3 is 0 Å². The largest absolute Gasteiger partial charge is 1.00 e. The summed E-state index contributed by atoms with van der Waals surface area (Å²) in [6, 6.07) is 96.7. The Morgan fingerprint density at radius 1 is 0.208 bits per heavy atom. The molecule has 4 N–H and O–H groups in total. The smallest absolute Gasteiger partial charge is 0.173 e. The lowest BCUT2D eigenvalue weighted by atomic mass is 10.0. The number of H-pyrrole nitrogens is 4. The first-order valence-corrected chi connectivity index (χ1v) is 40.4. The third-order valence-corrected chi connectivity index (χ3v) is 23.1. The summed E-state index contributed by atoms with van der Waals surface area (Å²) >= 11 is 0. The van der Waals surface area contributed by atoms with Gasteiger partial charge in [0.05, 0.1) is 45.6 Å². The summed E-state index contributed by atoms with van der Waals surface area (Å²) < 4.78 is 4.47. The van der Waals surface area contributed by atoms with E-state index in [2.05, 4.69) is 423 Å². The Kier molecular flexibility index (Phi) is 21.1. The fourth-order valence-electron chi connectivity index (χ4n) is 16.7. The number of rotatable bonds is 14. The fourth-order valence-corrected chi connectivity index (χ4v) is 16.7. The lowest BCUT2D eigenvalue weighted by Crippen LogP contribution is -3.00. The molecule has 20 rings (SSSR count). The minimum atomic E-state index is 0. The number of halogens is 2. The Hall–Kier alpha value is -14.0. The number of pyridine rings is 2. The van der Waals surface area contributed by atoms with Gasteiger partial charge in [-0.1, -0.05) is 240 Å². The highest BCUT2D eigenvalue weighted by atomic mass is 79.9. The van der Waals surface area contributed by atoms with Gasteiger partial charge in [-0.3, -0.25) is 0 Å². The molecular formula is C108H84Br2N10. The number of hydrogen-bond acceptors (Lipinski definition) is 4. The van der Waals surface area contributed by atoms with Crippen LogP contribution < -0.4 is 43.1 Å². The molecule has 10 nitrogen and oxygen atoms in total. The maximum Gasteiger partial charge on any atom is 0.173 e. The van der Waals surface area contributed by atoms with E-state index in [1.54, 1.807) is 0 Å². The van der Waals surface area contributed by atoms with Crippen molar-refractivity contribution in [3.63, 3.8) is 0 Å². The van der Waals surface area contributed by atoms with Crippen molar-refractivity contribution in [1.82, 2.24) is 39.9 Å². The first kappa shape index (κ1) is 77.2. The average Bonchev–Trinajstić information content (AvgIpc) is 1.61. The summed E-state index contributed by atoms with van der Waals surface area (Å²) in [7, 11) is 0. The molecule has 0 radical (unpaired) electrons. The number of nitrogens with one attached hydrogen (secondary N) is 4. The molecule has 12 heteroatoms. The molecule has 0 unspecified atom stereocenters. The van der Waals surface area contributed by atoms with Crippen molar-refractivity contribution in [2.75, 3.05) is 0 Å². The number of aryl methyl sites for hydroxylation is 6. The van der Waals surface area contributed by atoms with Gasteiger partial charge in [0.25, 0.3) is 0 Å². The van der Waals surface area contributed by atoms with E-state index in [0.717, 1.165) is 190 Å². The van der Waals surface area contributed by atoms with Crippen LogP contribution in [0.1, 0.15) is 101 Å². The molecule has 120 heavy (non-hydrogen) atoms. The van der Waals surface area contributed by atoms with Crippen molar-refractivity contribution in [2.24, 2.45) is 0 Å². The van der Waals surface area contributed by atoms with Crippen LogP contribution in [-0.4, -0.2) is 39.9 Å². The van der Waals surface area contributed by atoms with Gasteiger partial charge in [0.2, 0.25) is 0 Å². The molecule has 4 aliphatic rings. The summed E-state index contributed by atoms with van der Waals surface area (Å²) in [4.78, 5) is 37.9. The lowest BCUT2D eigenvalue weighted by Gasteiger charge is -2.08. The number of hydrogen-bond donors (Lipinski definition) is 4. The highest BCUT2D eigenvalue weighted by Crippen LogP contribution is 2.43. The molecular weight excluding hydrogens is 1600 g/mol. The maximum absolute atomic E-state index is 5.59. The highest BCUT2D eigenvalue weighted by molar-refractivity contribution is 6.03. The average molecular weight is 1680 g/mol. The predicted molar refractivity (Wildman–Crippen MR) is 490 cm³/mol. The Labute approximate surface area is 719 Å². The van der Waals surface area contributed by atoms with Crippen molar-refractivity contribution in [2.45, 2.75) is 54.6 Å². The van der Waals surface area contributed by atoms with Crippen molar-refractivity contribution < 1.29 is 43.1 Å². The summed E-state index contributed by atoms with van der Waals surface area (Å²) in [5, 5.41) is 0. The van der Waals surface area contributed by atoms with E-state index >= 15 is 0 Å². The van der Waals surface area contributed by atoms with Crippen molar-refractivity contribution >= 4 is 105 Å². The Bertz CT molecular complexity index is 6660. The molecule has 0 amide bonds. The molecule has 0 fully saturated rings. The monoisotopic (exact) mass is 1680 g/mol. The van der Waals surface area contributed by atoms with Gasteiger partial charge in [-0.25, -0.2) is 29.1 Å². The summed E-state index contributed by atoms with van der Waals surface area (Å²) in [5.41, 5.74) is 43.3. The van der Waals surface area contributed by atoms with Crippen molar-refractivity contribution in [1.29, 1.82) is 0 Å². The van der Waals surface area contributed by atoms with E-state index in [1.807, 2.05) is 0 Å². The number of aromatic amines is 4. The van der Waals surface area contributed by atoms with Gasteiger partial charge in [-0.2, -0.15) is 0 Å². The molecule has 12 heterocycles. The van der Waals surface area contributed by atoms with Crippen LogP contribution in [0.25, 0.3) is 194 Å². The van der Waals surface area contributed by atoms with Crippen LogP contribution >= 0.6 is 0 Å². The van der Waals surface area contributed by atoms with Crippen molar-refractivity contribution in [3.05, 3.63) is 393 Å². The Balaban J connectivity index is 0.00000494. The molecule has 8 aromatic carbocycles. The second-order valence-corrected chi connectivity index (χ2v) is 31.5. The van der Waals surface area contributed by atoms with E-state index in [1.165, 1.54) is 44.5 Å². The molecule has 16 aromatic rings. The standard InChI is InChI=1S/C108H82N10.2BrH/c1-67-7-25-77(26-8-67)101-85-41-45-89(109-85)103(79-29-11-69(3)12-30-79)93-49-53-97(113-93)107(98-54-50-94(114-98)104(90-46-42-86(101)110-90)80-31-13-70(4)14-32-80)83-37-21-75(22-38-83)65-117-61-57-73(58-62-117)19-20-74-59-63-118(64-60-74)66-76-23-39-84(40-24-76)108-99-55-51-95(115-99)105(81-33-15-71(5)16-34-81)91-47-43-87(111-91)102(78-27-9-68(2)10-28-78)88-44-48-92(112-88)106(96-52-56-100(108)116-96)82-35-17-72(6)18-36-82;;/h7-64H,65-66H2,1-6H3,(H2,109,110,111,112,113,114,115,116);2*1H. The quantitative estimate of drug-likeness (QED) is 0.0810. The van der Waals surface area contributed by atoms with Crippen LogP contribution in [0.3, 0.4) is 0 Å². The van der Waals surface area contributed by atoms with Gasteiger partial charge < -0.3 is 53.9 Å². The third-order valence-electron chi connectivity index (χ3n) is 23.1. The number of aromatic nitrogens is 10. The minimum Gasteiger partial charge on any atom is -1.00 e. The van der Waals surface area contributed by atoms with Gasteiger partial charge in [0.1, 0.15) is 0 Å². The normalized spacial score (nSPS) is 12.0. The molecule has 0 atom stereocenters. The molecule has 580 valence electrons. The van der Waals surface area contributed by atoms with E-state index < -0.39 is 0 Å². The van der Waals surface area contributed by atoms with Crippen molar-refractivity contribution in [3.8, 4) is 89.0 Å². The molecule has 0 spiro atoms. The molecule has 0 aliphatic carbocycles. The van der Waals surface area contributed by atoms with E-state index in [0.29, 0.717) is 13.1 Å². The summed E-state index contributed by atoms with van der Waals surface area (Å²) in [6.45, 7) is 14.2. The SMILES string of the molecule is Cc1ccc(-c2c3nc(c(-c4ccc(C)cc4)c4ccc([nH]4)c(-c4ccc(C[n+]5ccc(/C=C/c6cc[n+](Cc7ccc(-c8c9nc(c(-c%10ccc(C)cc%10)c%10ccc([nH]%10)c(-c%10ccc(C)cc%10)c%10nc(c(-c%11ccc(C)cc%11)c%11ccc8[nH]%11)C=C%10)C=C9)cc7)cc6)cc5)cc4)c4nc(c(-c5ccc(C)cc5)c5ccc2[nH]5)C=C4)C=C3)cc1.[Br-].[Br-]. The van der Waals surface area contributed by atoms with Crippen LogP contribution in [0, 0.1) is 41.5 Å². The number of fused-ring (bicyclic) bond motifs is 16. The summed E-state index contributed by atoms with van der Waals surface area (Å²) in [5.74, 6) is 0. The molecule has 16 bridgehead atoms.